The second-order valence-electron chi connectivity index (χ2n) is 4.31. The number of carboxylic acids is 1. The van der Waals surface area contributed by atoms with Crippen molar-refractivity contribution < 1.29 is 14.7 Å². The van der Waals surface area contributed by atoms with Crippen LogP contribution in [0.15, 0.2) is 24.3 Å². The lowest BCUT2D eigenvalue weighted by Gasteiger charge is -2.22. The molecule has 5 nitrogen and oxygen atoms in total. The molecule has 1 amide bonds. The van der Waals surface area contributed by atoms with Gasteiger partial charge in [-0.15, -0.1) is 0 Å². The van der Waals surface area contributed by atoms with E-state index < -0.39 is 17.4 Å². The summed E-state index contributed by atoms with van der Waals surface area (Å²) in [6.07, 6.45) is 0. The number of carboxylic acid groups (broad SMARTS) is 1. The summed E-state index contributed by atoms with van der Waals surface area (Å²) in [5.74, 6) is -1.47. The van der Waals surface area contributed by atoms with Crippen molar-refractivity contribution in [3.05, 3.63) is 35.4 Å². The molecule has 1 aromatic carbocycles. The van der Waals surface area contributed by atoms with Crippen molar-refractivity contribution in [1.82, 2.24) is 5.32 Å². The van der Waals surface area contributed by atoms with Gasteiger partial charge in [0.15, 0.2) is 0 Å². The summed E-state index contributed by atoms with van der Waals surface area (Å²) in [4.78, 5) is 22.1. The summed E-state index contributed by atoms with van der Waals surface area (Å²) in [6.45, 7) is 3.58. The molecule has 0 unspecified atom stereocenters. The Hall–Kier alpha value is -1.88. The third kappa shape index (κ3) is 3.29. The Labute approximate surface area is 99.6 Å². The molecule has 0 fully saturated rings. The van der Waals surface area contributed by atoms with Crippen molar-refractivity contribution in [1.29, 1.82) is 0 Å². The van der Waals surface area contributed by atoms with Gasteiger partial charge in [0.2, 0.25) is 5.91 Å². The van der Waals surface area contributed by atoms with Crippen LogP contribution in [0.2, 0.25) is 0 Å². The highest BCUT2D eigenvalue weighted by Gasteiger charge is 2.24. The highest BCUT2D eigenvalue weighted by molar-refractivity contribution is 5.89. The quantitative estimate of drug-likeness (QED) is 0.703. The first-order valence-corrected chi connectivity index (χ1v) is 5.20. The fraction of sp³-hybridized carbons (Fsp3) is 0.333. The highest BCUT2D eigenvalue weighted by Crippen LogP contribution is 2.10. The number of benzene rings is 1. The Balaban J connectivity index is 2.83. The number of nitrogens with two attached hydrogens (primary N) is 1. The number of nitrogens with one attached hydrogen (secondary N) is 1. The maximum absolute atomic E-state index is 11.1. The van der Waals surface area contributed by atoms with Crippen LogP contribution in [0.3, 0.4) is 0 Å². The summed E-state index contributed by atoms with van der Waals surface area (Å²) >= 11 is 0. The third-order valence-electron chi connectivity index (χ3n) is 2.58. The number of hydrogen-bond acceptors (Lipinski definition) is 3. The van der Waals surface area contributed by atoms with Crippen LogP contribution in [-0.4, -0.2) is 22.5 Å². The standard InChI is InChI=1S/C12H16N2O3/c1-12(2,11(13)17)14-7-8-5-3-4-6-9(8)10(15)16/h3-6,14H,7H2,1-2H3,(H2,13,17)(H,15,16). The van der Waals surface area contributed by atoms with E-state index >= 15 is 0 Å². The second-order valence-corrected chi connectivity index (χ2v) is 4.31. The highest BCUT2D eigenvalue weighted by atomic mass is 16.4. The van der Waals surface area contributed by atoms with E-state index in [2.05, 4.69) is 5.32 Å². The molecular formula is C12H16N2O3. The number of rotatable bonds is 5. The van der Waals surface area contributed by atoms with E-state index in [9.17, 15) is 9.59 Å². The molecule has 0 heterocycles. The van der Waals surface area contributed by atoms with Gasteiger partial charge in [0, 0.05) is 6.54 Å². The van der Waals surface area contributed by atoms with Crippen LogP contribution in [0.25, 0.3) is 0 Å². The van der Waals surface area contributed by atoms with E-state index in [0.717, 1.165) is 0 Å². The molecule has 0 spiro atoms. The van der Waals surface area contributed by atoms with Gasteiger partial charge >= 0.3 is 5.97 Å². The van der Waals surface area contributed by atoms with Gasteiger partial charge in [0.05, 0.1) is 11.1 Å². The van der Waals surface area contributed by atoms with Crippen LogP contribution in [-0.2, 0) is 11.3 Å². The number of aromatic carboxylic acids is 1. The van der Waals surface area contributed by atoms with E-state index in [1.807, 2.05) is 0 Å². The first-order valence-electron chi connectivity index (χ1n) is 5.20. The molecule has 17 heavy (non-hydrogen) atoms. The van der Waals surface area contributed by atoms with Gasteiger partial charge < -0.3 is 10.8 Å². The molecule has 0 bridgehead atoms. The molecule has 0 atom stereocenters. The zero-order valence-electron chi connectivity index (χ0n) is 9.86. The number of hydrogen-bond donors (Lipinski definition) is 3. The average Bonchev–Trinajstić information content (AvgIpc) is 2.26. The summed E-state index contributed by atoms with van der Waals surface area (Å²) < 4.78 is 0. The van der Waals surface area contributed by atoms with Crippen molar-refractivity contribution in [3.8, 4) is 0 Å². The van der Waals surface area contributed by atoms with Crippen LogP contribution in [0.4, 0.5) is 0 Å². The Morgan fingerprint density at radius 1 is 1.35 bits per heavy atom. The zero-order chi connectivity index (χ0) is 13.1. The summed E-state index contributed by atoms with van der Waals surface area (Å²) in [6, 6.07) is 6.64. The van der Waals surface area contributed by atoms with Gasteiger partial charge in [-0.1, -0.05) is 18.2 Å². The van der Waals surface area contributed by atoms with Gasteiger partial charge in [-0.3, -0.25) is 10.1 Å². The second kappa shape index (κ2) is 4.97. The minimum Gasteiger partial charge on any atom is -0.478 e. The predicted octanol–water partition coefficient (Wildman–Crippen LogP) is 0.738. The normalized spacial score (nSPS) is 11.2. The molecule has 0 aliphatic carbocycles. The van der Waals surface area contributed by atoms with Crippen LogP contribution in [0.5, 0.6) is 0 Å². The van der Waals surface area contributed by atoms with Crippen molar-refractivity contribution in [2.24, 2.45) is 5.73 Å². The van der Waals surface area contributed by atoms with Crippen LogP contribution >= 0.6 is 0 Å². The van der Waals surface area contributed by atoms with E-state index in [0.29, 0.717) is 5.56 Å². The molecule has 5 heteroatoms. The van der Waals surface area contributed by atoms with Crippen LogP contribution in [0, 0.1) is 0 Å². The average molecular weight is 236 g/mol. The van der Waals surface area contributed by atoms with Crippen molar-refractivity contribution in [2.45, 2.75) is 25.9 Å². The SMILES string of the molecule is CC(C)(NCc1ccccc1C(=O)O)C(N)=O. The molecule has 1 aromatic rings. The molecule has 92 valence electrons. The third-order valence-corrected chi connectivity index (χ3v) is 2.58. The largest absolute Gasteiger partial charge is 0.478 e. The number of amides is 1. The smallest absolute Gasteiger partial charge is 0.336 e. The summed E-state index contributed by atoms with van der Waals surface area (Å²) in [5.41, 5.74) is 5.19. The van der Waals surface area contributed by atoms with Gasteiger partial charge in [-0.25, -0.2) is 4.79 Å². The molecule has 0 aliphatic heterocycles. The lowest BCUT2D eigenvalue weighted by atomic mass is 10.0. The molecule has 0 radical (unpaired) electrons. The lowest BCUT2D eigenvalue weighted by molar-refractivity contribution is -0.123. The van der Waals surface area contributed by atoms with Crippen molar-refractivity contribution in [2.75, 3.05) is 0 Å². The van der Waals surface area contributed by atoms with Crippen molar-refractivity contribution in [3.63, 3.8) is 0 Å². The first-order chi connectivity index (χ1) is 7.84. The fourth-order valence-electron chi connectivity index (χ4n) is 1.29. The Morgan fingerprint density at radius 2 is 1.94 bits per heavy atom. The van der Waals surface area contributed by atoms with Gasteiger partial charge in [0.25, 0.3) is 0 Å². The Kier molecular flexibility index (Phi) is 3.85. The number of primary amides is 1. The van der Waals surface area contributed by atoms with Gasteiger partial charge in [-0.05, 0) is 25.5 Å². The van der Waals surface area contributed by atoms with E-state index in [4.69, 9.17) is 10.8 Å². The molecule has 1 rings (SSSR count). The van der Waals surface area contributed by atoms with Gasteiger partial charge in [-0.2, -0.15) is 0 Å². The number of carbonyl (C=O) groups is 2. The van der Waals surface area contributed by atoms with Crippen molar-refractivity contribution >= 4 is 11.9 Å². The summed E-state index contributed by atoms with van der Waals surface area (Å²) in [5, 5.41) is 11.9. The zero-order valence-corrected chi connectivity index (χ0v) is 9.86. The first kappa shape index (κ1) is 13.2. The Bertz CT molecular complexity index is 441. The van der Waals surface area contributed by atoms with Crippen LogP contribution < -0.4 is 11.1 Å². The predicted molar refractivity (Wildman–Crippen MR) is 63.5 cm³/mol. The maximum Gasteiger partial charge on any atom is 0.336 e. The number of carbonyl (C=O) groups excluding carboxylic acids is 1. The fourth-order valence-corrected chi connectivity index (χ4v) is 1.29. The monoisotopic (exact) mass is 236 g/mol. The summed E-state index contributed by atoms with van der Waals surface area (Å²) in [7, 11) is 0. The topological polar surface area (TPSA) is 92.4 Å². The lowest BCUT2D eigenvalue weighted by Crippen LogP contribution is -2.50. The minimum absolute atomic E-state index is 0.222. The van der Waals surface area contributed by atoms with Gasteiger partial charge in [0.1, 0.15) is 0 Å². The molecule has 0 saturated carbocycles. The minimum atomic E-state index is -0.987. The van der Waals surface area contributed by atoms with E-state index in [-0.39, 0.29) is 12.1 Å². The molecule has 0 aromatic heterocycles. The molecule has 0 saturated heterocycles. The molecule has 0 aliphatic rings. The van der Waals surface area contributed by atoms with Crippen LogP contribution in [0.1, 0.15) is 29.8 Å². The molecule has 4 N–H and O–H groups in total. The Morgan fingerprint density at radius 3 is 2.47 bits per heavy atom. The van der Waals surface area contributed by atoms with E-state index in [1.165, 1.54) is 6.07 Å². The van der Waals surface area contributed by atoms with E-state index in [1.54, 1.807) is 32.0 Å². The maximum atomic E-state index is 11.1. The molecular weight excluding hydrogens is 220 g/mol.